The Balaban J connectivity index is 4.78. The zero-order chi connectivity index (χ0) is 33.0. The molecule has 0 aromatic rings. The maximum Gasteiger partial charge on any atom is 0.326 e. The van der Waals surface area contributed by atoms with Crippen LogP contribution in [0.3, 0.4) is 0 Å². The van der Waals surface area contributed by atoms with Gasteiger partial charge in [-0.3, -0.25) is 14.4 Å². The van der Waals surface area contributed by atoms with Crippen molar-refractivity contribution in [1.29, 1.82) is 0 Å². The van der Waals surface area contributed by atoms with Gasteiger partial charge in [-0.2, -0.15) is 0 Å². The summed E-state index contributed by atoms with van der Waals surface area (Å²) in [6.45, 7) is 7.04. The van der Waals surface area contributed by atoms with Gasteiger partial charge in [-0.05, 0) is 70.4 Å². The SMILES string of the molecule is CCCCCCCCCCCCCCCC(=O)N[C@@H](CCCCN)C(=O)N[C@@H](CC(C)C)C(=O)N[C@@H](CCCCN)C(=O)O. The molecule has 0 rings (SSSR count). The fraction of sp³-hybridized carbons (Fsp3) is 0.882. The molecule has 0 aromatic heterocycles. The number of hydrogen-bond acceptors (Lipinski definition) is 6. The quantitative estimate of drug-likeness (QED) is 0.0586. The molecule has 10 heteroatoms. The molecule has 3 amide bonds. The van der Waals surface area contributed by atoms with E-state index in [1.54, 1.807) is 0 Å². The first-order chi connectivity index (χ1) is 21.2. The number of nitrogens with one attached hydrogen (secondary N) is 3. The molecule has 0 saturated heterocycles. The van der Waals surface area contributed by atoms with Crippen LogP contribution in [0.5, 0.6) is 0 Å². The molecule has 44 heavy (non-hydrogen) atoms. The second kappa shape index (κ2) is 28.3. The van der Waals surface area contributed by atoms with Crippen molar-refractivity contribution in [1.82, 2.24) is 16.0 Å². The number of hydrogen-bond donors (Lipinski definition) is 6. The predicted molar refractivity (Wildman–Crippen MR) is 179 cm³/mol. The fourth-order valence-electron chi connectivity index (χ4n) is 5.33. The molecule has 0 heterocycles. The maximum absolute atomic E-state index is 13.3. The van der Waals surface area contributed by atoms with E-state index in [1.807, 2.05) is 13.8 Å². The molecule has 0 radical (unpaired) electrons. The van der Waals surface area contributed by atoms with Crippen molar-refractivity contribution in [2.75, 3.05) is 13.1 Å². The molecule has 3 atom stereocenters. The van der Waals surface area contributed by atoms with E-state index in [1.165, 1.54) is 64.2 Å². The van der Waals surface area contributed by atoms with Gasteiger partial charge >= 0.3 is 5.97 Å². The molecule has 0 aliphatic rings. The fourth-order valence-corrected chi connectivity index (χ4v) is 5.33. The minimum atomic E-state index is -1.12. The number of aliphatic carboxylic acids is 1. The molecule has 0 aliphatic heterocycles. The van der Waals surface area contributed by atoms with E-state index in [0.717, 1.165) is 25.7 Å². The van der Waals surface area contributed by atoms with E-state index in [9.17, 15) is 24.3 Å². The zero-order valence-electron chi connectivity index (χ0n) is 28.3. The monoisotopic (exact) mass is 626 g/mol. The average molecular weight is 626 g/mol. The molecule has 0 unspecified atom stereocenters. The Morgan fingerprint density at radius 1 is 0.568 bits per heavy atom. The second-order valence-electron chi connectivity index (χ2n) is 12.8. The van der Waals surface area contributed by atoms with Crippen molar-refractivity contribution < 1.29 is 24.3 Å². The first-order valence-corrected chi connectivity index (χ1v) is 17.7. The van der Waals surface area contributed by atoms with Crippen LogP contribution in [-0.4, -0.2) is 60.0 Å². The van der Waals surface area contributed by atoms with Gasteiger partial charge in [-0.1, -0.05) is 97.8 Å². The van der Waals surface area contributed by atoms with Crippen LogP contribution in [0.15, 0.2) is 0 Å². The number of carbonyl (C=O) groups excluding carboxylic acids is 3. The highest BCUT2D eigenvalue weighted by molar-refractivity contribution is 5.93. The smallest absolute Gasteiger partial charge is 0.326 e. The third-order valence-corrected chi connectivity index (χ3v) is 8.01. The van der Waals surface area contributed by atoms with Gasteiger partial charge in [-0.15, -0.1) is 0 Å². The van der Waals surface area contributed by atoms with E-state index in [2.05, 4.69) is 22.9 Å². The Hall–Kier alpha value is -2.20. The van der Waals surface area contributed by atoms with Gasteiger partial charge in [0.15, 0.2) is 0 Å². The molecule has 258 valence electrons. The molecule has 0 saturated carbocycles. The summed E-state index contributed by atoms with van der Waals surface area (Å²) in [6, 6.07) is -2.74. The van der Waals surface area contributed by atoms with Crippen LogP contribution in [0.25, 0.3) is 0 Å². The normalized spacial score (nSPS) is 13.3. The summed E-state index contributed by atoms with van der Waals surface area (Å²) in [5.41, 5.74) is 11.2. The third kappa shape index (κ3) is 23.2. The molecule has 0 fully saturated rings. The van der Waals surface area contributed by atoms with Crippen molar-refractivity contribution in [2.45, 2.75) is 174 Å². The highest BCUT2D eigenvalue weighted by atomic mass is 16.4. The average Bonchev–Trinajstić information content (AvgIpc) is 2.97. The van der Waals surface area contributed by atoms with Crippen LogP contribution in [0.4, 0.5) is 0 Å². The highest BCUT2D eigenvalue weighted by Gasteiger charge is 2.29. The zero-order valence-corrected chi connectivity index (χ0v) is 28.3. The van der Waals surface area contributed by atoms with E-state index in [-0.39, 0.29) is 18.2 Å². The summed E-state index contributed by atoms with van der Waals surface area (Å²) in [6.07, 6.45) is 20.0. The van der Waals surface area contributed by atoms with Crippen molar-refractivity contribution in [3.8, 4) is 0 Å². The molecule has 10 nitrogen and oxygen atoms in total. The van der Waals surface area contributed by atoms with Crippen LogP contribution in [-0.2, 0) is 19.2 Å². The number of carboxylic acids is 1. The van der Waals surface area contributed by atoms with Gasteiger partial charge in [0.1, 0.15) is 18.1 Å². The first kappa shape index (κ1) is 41.8. The highest BCUT2D eigenvalue weighted by Crippen LogP contribution is 2.14. The van der Waals surface area contributed by atoms with Crippen molar-refractivity contribution >= 4 is 23.7 Å². The van der Waals surface area contributed by atoms with Gasteiger partial charge in [-0.25, -0.2) is 4.79 Å². The van der Waals surface area contributed by atoms with Crippen molar-refractivity contribution in [2.24, 2.45) is 17.4 Å². The Morgan fingerprint density at radius 3 is 1.45 bits per heavy atom. The van der Waals surface area contributed by atoms with Gasteiger partial charge in [0.05, 0.1) is 0 Å². The predicted octanol–water partition coefficient (Wildman–Crippen LogP) is 5.31. The maximum atomic E-state index is 13.3. The number of unbranched alkanes of at least 4 members (excludes halogenated alkanes) is 14. The largest absolute Gasteiger partial charge is 0.480 e. The van der Waals surface area contributed by atoms with Gasteiger partial charge in [0.25, 0.3) is 0 Å². The standard InChI is InChI=1S/C34H67N5O5/c1-4-5-6-7-8-9-10-11-12-13-14-15-16-23-31(40)37-28(21-17-19-24-35)32(41)39-30(26-27(2)3)33(42)38-29(34(43)44)22-18-20-25-36/h27-30H,4-26,35-36H2,1-3H3,(H,37,40)(H,38,42)(H,39,41)(H,43,44)/t28-,29-,30-/m0/s1. The van der Waals surface area contributed by atoms with Crippen molar-refractivity contribution in [3.63, 3.8) is 0 Å². The summed E-state index contributed by atoms with van der Waals surface area (Å²) < 4.78 is 0. The molecule has 8 N–H and O–H groups in total. The van der Waals surface area contributed by atoms with E-state index < -0.39 is 35.9 Å². The lowest BCUT2D eigenvalue weighted by Gasteiger charge is -2.25. The summed E-state index contributed by atoms with van der Waals surface area (Å²) >= 11 is 0. The summed E-state index contributed by atoms with van der Waals surface area (Å²) in [7, 11) is 0. The molecule has 0 aliphatic carbocycles. The molecular weight excluding hydrogens is 558 g/mol. The molecular formula is C34H67N5O5. The van der Waals surface area contributed by atoms with E-state index >= 15 is 0 Å². The first-order valence-electron chi connectivity index (χ1n) is 17.7. The van der Waals surface area contributed by atoms with E-state index in [4.69, 9.17) is 11.5 Å². The van der Waals surface area contributed by atoms with Crippen LogP contribution in [0, 0.1) is 5.92 Å². The molecule has 0 bridgehead atoms. The molecule has 0 aromatic carbocycles. The number of carbonyl (C=O) groups is 4. The van der Waals surface area contributed by atoms with Gasteiger partial charge < -0.3 is 32.5 Å². The number of rotatable bonds is 30. The minimum Gasteiger partial charge on any atom is -0.480 e. The Kier molecular flexibility index (Phi) is 26.9. The lowest BCUT2D eigenvalue weighted by atomic mass is 10.0. The number of carboxylic acid groups (broad SMARTS) is 1. The summed E-state index contributed by atoms with van der Waals surface area (Å²) in [5.74, 6) is -2.18. The minimum absolute atomic E-state index is 0.0763. The van der Waals surface area contributed by atoms with Crippen molar-refractivity contribution in [3.05, 3.63) is 0 Å². The Bertz CT molecular complexity index is 764. The second-order valence-corrected chi connectivity index (χ2v) is 12.8. The topological polar surface area (TPSA) is 177 Å². The lowest BCUT2D eigenvalue weighted by molar-refractivity contribution is -0.142. The molecule has 0 spiro atoms. The Morgan fingerprint density at radius 2 is 1.00 bits per heavy atom. The van der Waals surface area contributed by atoms with Crippen LogP contribution in [0.1, 0.15) is 156 Å². The Labute approximate surface area is 268 Å². The van der Waals surface area contributed by atoms with Gasteiger partial charge in [0, 0.05) is 6.42 Å². The third-order valence-electron chi connectivity index (χ3n) is 8.01. The van der Waals surface area contributed by atoms with E-state index in [0.29, 0.717) is 51.6 Å². The number of nitrogens with two attached hydrogens (primary N) is 2. The van der Waals surface area contributed by atoms with Crippen LogP contribution >= 0.6 is 0 Å². The summed E-state index contributed by atoms with van der Waals surface area (Å²) in [4.78, 5) is 50.9. The summed E-state index contributed by atoms with van der Waals surface area (Å²) in [5, 5.41) is 17.8. The van der Waals surface area contributed by atoms with Crippen LogP contribution in [0.2, 0.25) is 0 Å². The van der Waals surface area contributed by atoms with Crippen LogP contribution < -0.4 is 27.4 Å². The van der Waals surface area contributed by atoms with Gasteiger partial charge in [0.2, 0.25) is 17.7 Å². The lowest BCUT2D eigenvalue weighted by Crippen LogP contribution is -2.56. The number of amides is 3.